The zero-order valence-electron chi connectivity index (χ0n) is 10.6. The molecule has 0 unspecified atom stereocenters. The van der Waals surface area contributed by atoms with Gasteiger partial charge in [0.1, 0.15) is 0 Å². The molecule has 74 valence electrons. The van der Waals surface area contributed by atoms with E-state index in [1.807, 2.05) is 0 Å². The number of hydrogen-bond acceptors (Lipinski definition) is 0. The maximum atomic E-state index is 7.04. The molecule has 12 heavy (non-hydrogen) atoms. The van der Waals surface area contributed by atoms with Gasteiger partial charge in [-0.05, 0) is 0 Å². The van der Waals surface area contributed by atoms with Crippen molar-refractivity contribution in [3.8, 4) is 0 Å². The van der Waals surface area contributed by atoms with Gasteiger partial charge in [0.15, 0.2) is 0 Å². The first-order chi connectivity index (χ1) is 6.77. The monoisotopic (exact) mass is 172 g/mol. The van der Waals surface area contributed by atoms with E-state index in [4.69, 9.17) is 2.74 Å². The molecule has 0 heterocycles. The molecule has 0 nitrogen and oxygen atoms in total. The molecular weight excluding hydrogens is 144 g/mol. The first-order valence-electron chi connectivity index (χ1n) is 6.77. The molecule has 0 aliphatic heterocycles. The van der Waals surface area contributed by atoms with Crippen molar-refractivity contribution in [1.82, 2.24) is 0 Å². The van der Waals surface area contributed by atoms with Crippen LogP contribution in [-0.2, 0) is 0 Å². The van der Waals surface area contributed by atoms with Gasteiger partial charge in [0, 0.05) is 2.74 Å². The quantitative estimate of drug-likeness (QED) is 0.433. The van der Waals surface area contributed by atoms with Gasteiger partial charge >= 0.3 is 0 Å². The molecular formula is C12H26. The third kappa shape index (κ3) is 10.0. The van der Waals surface area contributed by atoms with Gasteiger partial charge in [0.05, 0.1) is 0 Å². The molecule has 0 amide bonds. The van der Waals surface area contributed by atoms with Crippen LogP contribution in [0.4, 0.5) is 0 Å². The van der Waals surface area contributed by atoms with Crippen LogP contribution in [0.15, 0.2) is 0 Å². The van der Waals surface area contributed by atoms with Gasteiger partial charge < -0.3 is 0 Å². The Morgan fingerprint density at radius 2 is 1.08 bits per heavy atom. The molecule has 0 saturated heterocycles. The van der Waals surface area contributed by atoms with Gasteiger partial charge in [0.2, 0.25) is 0 Å². The third-order valence-corrected chi connectivity index (χ3v) is 2.31. The van der Waals surface area contributed by atoms with Crippen molar-refractivity contribution in [3.63, 3.8) is 0 Å². The molecule has 0 aromatic carbocycles. The molecule has 0 atom stereocenters. The zero-order valence-corrected chi connectivity index (χ0v) is 8.65. The topological polar surface area (TPSA) is 0 Å². The van der Waals surface area contributed by atoms with Crippen molar-refractivity contribution in [2.24, 2.45) is 0 Å². The Morgan fingerprint density at radius 3 is 1.50 bits per heavy atom. The second kappa shape index (κ2) is 11.0. The predicted molar refractivity (Wildman–Crippen MR) is 57.5 cm³/mol. The molecule has 0 aromatic heterocycles. The summed E-state index contributed by atoms with van der Waals surface area (Å²) in [6.07, 6.45) is 12.6. The van der Waals surface area contributed by atoms with E-state index >= 15 is 0 Å². The first-order valence-corrected chi connectivity index (χ1v) is 5.62. The summed E-state index contributed by atoms with van der Waals surface area (Å²) in [7, 11) is 0. The Bertz CT molecular complexity index is 102. The van der Waals surface area contributed by atoms with Crippen LogP contribution in [0, 0.1) is 0 Å². The lowest BCUT2D eigenvalue weighted by Gasteiger charge is -1.99. The van der Waals surface area contributed by atoms with Gasteiger partial charge in [0.25, 0.3) is 0 Å². The lowest BCUT2D eigenvalue weighted by molar-refractivity contribution is 0.562. The van der Waals surface area contributed by atoms with Gasteiger partial charge in [-0.2, -0.15) is 0 Å². The van der Waals surface area contributed by atoms with E-state index in [1.54, 1.807) is 0 Å². The van der Waals surface area contributed by atoms with E-state index in [9.17, 15) is 0 Å². The Labute approximate surface area is 81.6 Å². The van der Waals surface area contributed by atoms with Crippen molar-refractivity contribution >= 4 is 0 Å². The molecule has 0 fully saturated rings. The van der Waals surface area contributed by atoms with Crippen LogP contribution in [-0.4, -0.2) is 0 Å². The van der Waals surface area contributed by atoms with Crippen LogP contribution in [0.1, 0.15) is 80.7 Å². The van der Waals surface area contributed by atoms with E-state index in [0.717, 1.165) is 12.8 Å². The molecule has 0 bridgehead atoms. The van der Waals surface area contributed by atoms with E-state index in [-0.39, 0.29) is 0 Å². The maximum Gasteiger partial charge on any atom is 0.0230 e. The van der Waals surface area contributed by atoms with Crippen molar-refractivity contribution < 1.29 is 2.74 Å². The predicted octanol–water partition coefficient (Wildman–Crippen LogP) is 4.93. The Hall–Kier alpha value is 0. The van der Waals surface area contributed by atoms with Crippen LogP contribution in [0.5, 0.6) is 0 Å². The molecule has 0 aliphatic carbocycles. The summed E-state index contributed by atoms with van der Waals surface area (Å²) < 4.78 is 14.1. The second-order valence-electron chi connectivity index (χ2n) is 3.62. The van der Waals surface area contributed by atoms with Crippen molar-refractivity contribution in [2.45, 2.75) is 78.0 Å². The van der Waals surface area contributed by atoms with Crippen LogP contribution in [0.3, 0.4) is 0 Å². The van der Waals surface area contributed by atoms with E-state index in [1.165, 1.54) is 51.4 Å². The summed E-state index contributed by atoms with van der Waals surface area (Å²) in [6, 6.07) is 0. The number of rotatable bonds is 9. The largest absolute Gasteiger partial charge is 0.0654 e. The molecule has 0 rings (SSSR count). The van der Waals surface area contributed by atoms with Gasteiger partial charge in [-0.3, -0.25) is 0 Å². The summed E-state index contributed by atoms with van der Waals surface area (Å²) in [5, 5.41) is 0. The minimum atomic E-state index is -0.598. The first kappa shape index (κ1) is 8.59. The SMILES string of the molecule is [2H]C([2H])CCCCCCCCCCC. The fraction of sp³-hybridized carbons (Fsp3) is 1.00. The highest BCUT2D eigenvalue weighted by molar-refractivity contribution is 4.45. The van der Waals surface area contributed by atoms with Crippen molar-refractivity contribution in [3.05, 3.63) is 0 Å². The molecule has 0 aliphatic rings. The highest BCUT2D eigenvalue weighted by atomic mass is 14.0. The molecule has 0 spiro atoms. The number of hydrogen-bond donors (Lipinski definition) is 0. The second-order valence-corrected chi connectivity index (χ2v) is 3.62. The Balaban J connectivity index is 2.85. The van der Waals surface area contributed by atoms with Gasteiger partial charge in [-0.1, -0.05) is 78.0 Å². The Morgan fingerprint density at radius 1 is 0.667 bits per heavy atom. The van der Waals surface area contributed by atoms with Gasteiger partial charge in [-0.25, -0.2) is 0 Å². The normalized spacial score (nSPS) is 13.2. The molecule has 0 heteroatoms. The highest BCUT2D eigenvalue weighted by Gasteiger charge is 1.90. The van der Waals surface area contributed by atoms with E-state index in [0.29, 0.717) is 0 Å². The highest BCUT2D eigenvalue weighted by Crippen LogP contribution is 2.09. The molecule has 0 radical (unpaired) electrons. The maximum absolute atomic E-state index is 7.04. The summed E-state index contributed by atoms with van der Waals surface area (Å²) in [6.45, 7) is 1.65. The van der Waals surface area contributed by atoms with Crippen LogP contribution in [0.25, 0.3) is 0 Å². The summed E-state index contributed by atoms with van der Waals surface area (Å²) in [4.78, 5) is 0. The van der Waals surface area contributed by atoms with Crippen molar-refractivity contribution in [1.29, 1.82) is 0 Å². The van der Waals surface area contributed by atoms with Gasteiger partial charge in [-0.15, -0.1) is 0 Å². The molecule has 0 aromatic rings. The minimum absolute atomic E-state index is 0.598. The standard InChI is InChI=1S/C12H26/c1-3-5-7-9-11-12-10-8-6-4-2/h3-12H2,1-2H3/i1D2. The van der Waals surface area contributed by atoms with Crippen molar-refractivity contribution in [2.75, 3.05) is 0 Å². The third-order valence-electron chi connectivity index (χ3n) is 2.31. The smallest absolute Gasteiger partial charge is 0.0230 e. The average molecular weight is 172 g/mol. The molecule has 0 N–H and O–H groups in total. The number of unbranched alkanes of at least 4 members (excludes halogenated alkanes) is 8. The van der Waals surface area contributed by atoms with Crippen LogP contribution < -0.4 is 0 Å². The average Bonchev–Trinajstić information content (AvgIpc) is 2.15. The lowest BCUT2D eigenvalue weighted by Crippen LogP contribution is -1.80. The molecule has 0 saturated carbocycles. The summed E-state index contributed by atoms with van der Waals surface area (Å²) in [5.41, 5.74) is 0. The van der Waals surface area contributed by atoms with Crippen LogP contribution >= 0.6 is 0 Å². The fourth-order valence-corrected chi connectivity index (χ4v) is 1.45. The Kier molecular flexibility index (Phi) is 7.88. The van der Waals surface area contributed by atoms with E-state index < -0.39 is 6.88 Å². The summed E-state index contributed by atoms with van der Waals surface area (Å²) >= 11 is 0. The van der Waals surface area contributed by atoms with E-state index in [2.05, 4.69) is 6.92 Å². The minimum Gasteiger partial charge on any atom is -0.0654 e. The summed E-state index contributed by atoms with van der Waals surface area (Å²) in [5.74, 6) is 0. The fourth-order valence-electron chi connectivity index (χ4n) is 1.45. The van der Waals surface area contributed by atoms with Crippen LogP contribution in [0.2, 0.25) is 0 Å². The lowest BCUT2D eigenvalue weighted by atomic mass is 10.1. The zero-order chi connectivity index (χ0) is 10.6.